The first kappa shape index (κ1) is 38.2. The summed E-state index contributed by atoms with van der Waals surface area (Å²) in [5.41, 5.74) is -11.3. The number of hydrogen-bond donors (Lipinski definition) is 0. The Labute approximate surface area is 247 Å². The highest BCUT2D eigenvalue weighted by atomic mass is 32.2. The maximum Gasteiger partial charge on any atom is 0.485 e. The molecule has 0 saturated carbocycles. The van der Waals surface area contributed by atoms with E-state index in [9.17, 15) is 26.3 Å². The molecule has 0 saturated heterocycles. The summed E-state index contributed by atoms with van der Waals surface area (Å²) >= 11 is 0. The molecular weight excluding hydrogens is 643 g/mol. The molecule has 0 fully saturated rings. The van der Waals surface area contributed by atoms with Crippen molar-refractivity contribution in [1.29, 1.82) is 0 Å². The van der Waals surface area contributed by atoms with E-state index in [4.69, 9.17) is 25.9 Å². The molecule has 0 aromatic heterocycles. The molecule has 3 rings (SSSR count). The Morgan fingerprint density at radius 2 is 0.791 bits per heavy atom. The fraction of sp³-hybridized carbons (Fsp3) is 0.296. The predicted octanol–water partition coefficient (Wildman–Crippen LogP) is 4.94. The van der Waals surface area contributed by atoms with Gasteiger partial charge in [-0.25, -0.2) is 21.4 Å². The van der Waals surface area contributed by atoms with Crippen LogP contribution in [0.3, 0.4) is 0 Å². The second kappa shape index (κ2) is 15.2. The lowest BCUT2D eigenvalue weighted by molar-refractivity contribution is -0.581. The minimum absolute atomic E-state index is 0.445. The number of nitrogens with zero attached hydrogens (tertiary/aromatic N) is 1. The van der Waals surface area contributed by atoms with Gasteiger partial charge >= 0.3 is 11.0 Å². The average Bonchev–Trinajstić information content (AvgIpc) is 2.89. The van der Waals surface area contributed by atoms with Gasteiger partial charge in [-0.2, -0.15) is 26.3 Å². The number of rotatable bonds is 6. The van der Waals surface area contributed by atoms with E-state index >= 15 is 0 Å². The van der Waals surface area contributed by atoms with Gasteiger partial charge in [-0.05, 0) is 64.1 Å². The van der Waals surface area contributed by atoms with Crippen molar-refractivity contribution >= 4 is 49.4 Å². The summed E-state index contributed by atoms with van der Waals surface area (Å²) in [6.07, 6.45) is 0. The Hall–Kier alpha value is -2.84. The Bertz CT molecular complexity index is 1380. The minimum Gasteiger partial charge on any atom is -0.741 e. The monoisotopic (exact) mass is 673 g/mol. The van der Waals surface area contributed by atoms with Gasteiger partial charge in [0.2, 0.25) is 7.26 Å². The van der Waals surface area contributed by atoms with Crippen LogP contribution in [-0.2, 0) is 20.2 Å². The lowest BCUT2D eigenvalue weighted by Crippen LogP contribution is -2.38. The van der Waals surface area contributed by atoms with Crippen molar-refractivity contribution in [1.82, 2.24) is 0 Å². The first-order chi connectivity index (χ1) is 19.6. The number of alkyl halides is 6. The first-order valence-electron chi connectivity index (χ1n) is 12.3. The predicted molar refractivity (Wildman–Crippen MR) is 153 cm³/mol. The summed E-state index contributed by atoms with van der Waals surface area (Å²) in [7, 11) is -14.1. The molecule has 0 heterocycles. The number of benzene rings is 3. The van der Waals surface area contributed by atoms with Crippen LogP contribution in [0, 0.1) is 0 Å². The third-order valence-corrected chi connectivity index (χ3v) is 10.6. The molecule has 0 aliphatic rings. The van der Waals surface area contributed by atoms with E-state index in [0.29, 0.717) is 12.1 Å². The second-order valence-electron chi connectivity index (χ2n) is 9.28. The van der Waals surface area contributed by atoms with E-state index in [1.165, 1.54) is 15.9 Å². The van der Waals surface area contributed by atoms with Crippen LogP contribution in [0.2, 0.25) is 0 Å². The summed E-state index contributed by atoms with van der Waals surface area (Å²) in [6, 6.07) is 34.0. The molecule has 43 heavy (non-hydrogen) atoms. The van der Waals surface area contributed by atoms with E-state index in [1.807, 2.05) is 0 Å². The molecule has 0 spiro atoms. The third-order valence-electron chi connectivity index (χ3n) is 5.56. The van der Waals surface area contributed by atoms with Crippen LogP contribution in [0.15, 0.2) is 91.0 Å². The third kappa shape index (κ3) is 11.0. The molecule has 0 atom stereocenters. The van der Waals surface area contributed by atoms with Crippen LogP contribution in [0.25, 0.3) is 0 Å². The average molecular weight is 674 g/mol. The van der Waals surface area contributed by atoms with Crippen LogP contribution in [-0.4, -0.2) is 59.6 Å². The van der Waals surface area contributed by atoms with Gasteiger partial charge in [0, 0.05) is 0 Å². The highest BCUT2D eigenvalue weighted by Crippen LogP contribution is 2.52. The highest BCUT2D eigenvalue weighted by molar-refractivity contribution is 8.06. The van der Waals surface area contributed by atoms with Crippen molar-refractivity contribution in [2.24, 2.45) is 0 Å². The van der Waals surface area contributed by atoms with E-state index < -0.39 is 38.5 Å². The summed E-state index contributed by atoms with van der Waals surface area (Å²) in [5, 5.41) is 4.19. The van der Waals surface area contributed by atoms with Gasteiger partial charge in [-0.1, -0.05) is 54.6 Å². The second-order valence-corrected chi connectivity index (χ2v) is 15.2. The number of halogens is 6. The fourth-order valence-electron chi connectivity index (χ4n) is 3.70. The molecular formula is C27H30F6NO6PS2. The molecule has 0 aliphatic carbocycles. The quantitative estimate of drug-likeness (QED) is 0.0914. The summed E-state index contributed by atoms with van der Waals surface area (Å²) in [6.45, 7) is 9.14. The Kier molecular flexibility index (Phi) is 13.5. The fourth-order valence-corrected chi connectivity index (χ4v) is 7.85. The summed E-state index contributed by atoms with van der Waals surface area (Å²) in [4.78, 5) is 0. The van der Waals surface area contributed by atoms with Gasteiger partial charge in [0.05, 0.1) is 0 Å². The zero-order valence-electron chi connectivity index (χ0n) is 23.3. The maximum atomic E-state index is 10.7. The van der Waals surface area contributed by atoms with Crippen molar-refractivity contribution < 1.29 is 56.9 Å². The van der Waals surface area contributed by atoms with Gasteiger partial charge in [0.15, 0.2) is 32.3 Å². The Morgan fingerprint density at radius 3 is 0.953 bits per heavy atom. The van der Waals surface area contributed by atoms with E-state index in [-0.39, 0.29) is 0 Å². The molecule has 7 nitrogen and oxygen atoms in total. The normalized spacial score (nSPS) is 12.5. The molecule has 0 radical (unpaired) electrons. The zero-order chi connectivity index (χ0) is 33.3. The van der Waals surface area contributed by atoms with E-state index in [0.717, 1.165) is 0 Å². The van der Waals surface area contributed by atoms with Crippen LogP contribution in [0.1, 0.15) is 27.7 Å². The molecule has 0 aliphatic heterocycles. The lowest BCUT2D eigenvalue weighted by Gasteiger charge is -2.23. The Morgan fingerprint density at radius 1 is 0.581 bits per heavy atom. The van der Waals surface area contributed by atoms with Gasteiger partial charge in [-0.15, -0.1) is 0 Å². The lowest BCUT2D eigenvalue weighted by atomic mass is 10.3. The smallest absolute Gasteiger partial charge is 0.485 e. The van der Waals surface area contributed by atoms with E-state index in [1.54, 1.807) is 0 Å². The zero-order valence-corrected chi connectivity index (χ0v) is 25.8. The van der Waals surface area contributed by atoms with Crippen molar-refractivity contribution in [3.05, 3.63) is 91.0 Å². The summed E-state index contributed by atoms with van der Waals surface area (Å²) in [5.74, 6) is 2.56. The van der Waals surface area contributed by atoms with Crippen LogP contribution < -0.4 is 15.9 Å². The van der Waals surface area contributed by atoms with Gasteiger partial charge in [0.25, 0.3) is 5.96 Å². The van der Waals surface area contributed by atoms with Crippen molar-refractivity contribution in [3.8, 4) is 0 Å². The highest BCUT2D eigenvalue weighted by Gasteiger charge is 2.49. The molecule has 0 amide bonds. The summed E-state index contributed by atoms with van der Waals surface area (Å²) < 4.78 is 120. The van der Waals surface area contributed by atoms with Crippen molar-refractivity contribution in [2.75, 3.05) is 0 Å². The maximum absolute atomic E-state index is 10.7. The van der Waals surface area contributed by atoms with Crippen LogP contribution >= 0.6 is 7.26 Å². The molecule has 238 valence electrons. The Balaban J connectivity index is 0.000000476. The standard InChI is InChI=1S/C25H30NP.2CHF3O3S/c1-21(2)26(22(3)4)20-27(23-14-8-5-9-15-23,24-16-10-6-11-17-24)25-18-12-7-13-19-25;2*2-1(3,4)8(5,6)7/h5-22H,1-4H3;2*(H,5,6,7)/q+2;;/p-2. The minimum atomic E-state index is -6.09. The van der Waals surface area contributed by atoms with Crippen molar-refractivity contribution in [2.45, 2.75) is 50.8 Å². The van der Waals surface area contributed by atoms with Crippen molar-refractivity contribution in [3.63, 3.8) is 0 Å². The molecule has 3 aromatic carbocycles. The molecule has 3 aromatic rings. The SMILES string of the molecule is CC(C)[N+](=C[P+](c1ccccc1)(c1ccccc1)c1ccccc1)C(C)C.O=S(=O)([O-])C(F)(F)F.O=S(=O)([O-])C(F)(F)F. The number of hydrogen-bond acceptors (Lipinski definition) is 6. The molecule has 0 bridgehead atoms. The largest absolute Gasteiger partial charge is 0.741 e. The van der Waals surface area contributed by atoms with Gasteiger partial charge in [0.1, 0.15) is 15.9 Å². The topological polar surface area (TPSA) is 117 Å². The van der Waals surface area contributed by atoms with Gasteiger partial charge < -0.3 is 9.11 Å². The van der Waals surface area contributed by atoms with E-state index in [2.05, 4.69) is 129 Å². The molecule has 16 heteroatoms. The molecule has 0 unspecified atom stereocenters. The van der Waals surface area contributed by atoms with Crippen LogP contribution in [0.5, 0.6) is 0 Å². The molecule has 0 N–H and O–H groups in total. The van der Waals surface area contributed by atoms with Gasteiger partial charge in [-0.3, -0.25) is 0 Å². The van der Waals surface area contributed by atoms with Crippen LogP contribution in [0.4, 0.5) is 26.3 Å². The first-order valence-corrected chi connectivity index (χ1v) is 17.0.